The molecular weight excluding hydrogens is 302 g/mol. The minimum atomic E-state index is -0.0560. The number of ether oxygens (including phenoxy) is 1. The Morgan fingerprint density at radius 2 is 2.09 bits per heavy atom. The predicted molar refractivity (Wildman–Crippen MR) is 85.9 cm³/mol. The van der Waals surface area contributed by atoms with E-state index >= 15 is 0 Å². The van der Waals surface area contributed by atoms with Gasteiger partial charge in [0.1, 0.15) is 4.83 Å². The summed E-state index contributed by atoms with van der Waals surface area (Å²) in [6.07, 6.45) is 1.59. The Balaban J connectivity index is 1.87. The first-order valence-corrected chi connectivity index (χ1v) is 8.19. The SMILES string of the molecule is CC(=O)c1sc2ncn(CCN3CCOCC3)c(=O)c2c1C. The summed E-state index contributed by atoms with van der Waals surface area (Å²) in [6, 6.07) is 0. The first kappa shape index (κ1) is 15.3. The average Bonchev–Trinajstić information content (AvgIpc) is 2.86. The van der Waals surface area contributed by atoms with Gasteiger partial charge in [-0.05, 0) is 19.4 Å². The van der Waals surface area contributed by atoms with Gasteiger partial charge in [-0.2, -0.15) is 0 Å². The highest BCUT2D eigenvalue weighted by molar-refractivity contribution is 7.20. The number of ketones is 1. The van der Waals surface area contributed by atoms with Gasteiger partial charge in [0.05, 0.1) is 29.8 Å². The molecule has 0 aliphatic carbocycles. The van der Waals surface area contributed by atoms with Gasteiger partial charge in [-0.25, -0.2) is 4.98 Å². The zero-order valence-electron chi connectivity index (χ0n) is 12.8. The number of rotatable bonds is 4. The fraction of sp³-hybridized carbons (Fsp3) is 0.533. The monoisotopic (exact) mass is 321 g/mol. The Morgan fingerprint density at radius 3 is 2.77 bits per heavy atom. The normalized spacial score (nSPS) is 16.3. The molecule has 0 amide bonds. The van der Waals surface area contributed by atoms with Crippen LogP contribution in [0.4, 0.5) is 0 Å². The number of thiophene rings is 1. The van der Waals surface area contributed by atoms with Crippen LogP contribution in [0.2, 0.25) is 0 Å². The third-order valence-electron chi connectivity index (χ3n) is 4.00. The Labute approximate surface area is 132 Å². The number of aryl methyl sites for hydroxylation is 1. The Kier molecular flexibility index (Phi) is 4.37. The van der Waals surface area contributed by atoms with Gasteiger partial charge in [0, 0.05) is 26.2 Å². The lowest BCUT2D eigenvalue weighted by atomic mass is 10.2. The second-order valence-electron chi connectivity index (χ2n) is 5.49. The highest BCUT2D eigenvalue weighted by atomic mass is 32.1. The highest BCUT2D eigenvalue weighted by Crippen LogP contribution is 2.26. The van der Waals surface area contributed by atoms with E-state index in [0.29, 0.717) is 21.6 Å². The van der Waals surface area contributed by atoms with Crippen LogP contribution in [0.25, 0.3) is 10.2 Å². The molecule has 1 aliphatic rings. The molecule has 6 nitrogen and oxygen atoms in total. The summed E-state index contributed by atoms with van der Waals surface area (Å²) in [7, 11) is 0. The van der Waals surface area contributed by atoms with Gasteiger partial charge in [-0.15, -0.1) is 11.3 Å². The average molecular weight is 321 g/mol. The van der Waals surface area contributed by atoms with Gasteiger partial charge >= 0.3 is 0 Å². The minimum Gasteiger partial charge on any atom is -0.379 e. The Morgan fingerprint density at radius 1 is 1.36 bits per heavy atom. The number of aromatic nitrogens is 2. The molecule has 1 saturated heterocycles. The van der Waals surface area contributed by atoms with Crippen molar-refractivity contribution in [1.82, 2.24) is 14.5 Å². The number of fused-ring (bicyclic) bond motifs is 1. The van der Waals surface area contributed by atoms with Crippen LogP contribution in [0.3, 0.4) is 0 Å². The highest BCUT2D eigenvalue weighted by Gasteiger charge is 2.17. The van der Waals surface area contributed by atoms with E-state index in [-0.39, 0.29) is 11.3 Å². The van der Waals surface area contributed by atoms with Crippen molar-refractivity contribution in [2.75, 3.05) is 32.8 Å². The maximum absolute atomic E-state index is 12.6. The van der Waals surface area contributed by atoms with Crippen LogP contribution in [0.1, 0.15) is 22.2 Å². The molecule has 0 radical (unpaired) electrons. The molecule has 0 atom stereocenters. The van der Waals surface area contributed by atoms with E-state index in [2.05, 4.69) is 9.88 Å². The van der Waals surface area contributed by atoms with E-state index in [1.807, 2.05) is 6.92 Å². The van der Waals surface area contributed by atoms with E-state index in [9.17, 15) is 9.59 Å². The van der Waals surface area contributed by atoms with Crippen molar-refractivity contribution < 1.29 is 9.53 Å². The number of hydrogen-bond acceptors (Lipinski definition) is 6. The van der Waals surface area contributed by atoms with Crippen molar-refractivity contribution in [1.29, 1.82) is 0 Å². The molecule has 2 aromatic rings. The van der Waals surface area contributed by atoms with E-state index in [4.69, 9.17) is 4.74 Å². The van der Waals surface area contributed by atoms with Crippen LogP contribution < -0.4 is 5.56 Å². The number of Topliss-reactive ketones (excluding diaryl/α,β-unsaturated/α-hetero) is 1. The van der Waals surface area contributed by atoms with E-state index in [0.717, 1.165) is 38.4 Å². The zero-order valence-corrected chi connectivity index (χ0v) is 13.6. The summed E-state index contributed by atoms with van der Waals surface area (Å²) in [6.45, 7) is 8.05. The molecule has 2 aromatic heterocycles. The molecule has 0 aromatic carbocycles. The molecular formula is C15H19N3O3S. The van der Waals surface area contributed by atoms with Gasteiger partial charge in [0.15, 0.2) is 5.78 Å². The van der Waals surface area contributed by atoms with Crippen molar-refractivity contribution in [3.05, 3.63) is 27.1 Å². The van der Waals surface area contributed by atoms with Crippen LogP contribution >= 0.6 is 11.3 Å². The molecule has 3 rings (SSSR count). The van der Waals surface area contributed by atoms with Gasteiger partial charge < -0.3 is 4.74 Å². The van der Waals surface area contributed by atoms with Gasteiger partial charge in [0.2, 0.25) is 0 Å². The number of nitrogens with zero attached hydrogens (tertiary/aromatic N) is 3. The third kappa shape index (κ3) is 2.84. The lowest BCUT2D eigenvalue weighted by molar-refractivity contribution is 0.0362. The largest absolute Gasteiger partial charge is 0.379 e. The Hall–Kier alpha value is -1.57. The van der Waals surface area contributed by atoms with E-state index in [1.165, 1.54) is 18.3 Å². The quantitative estimate of drug-likeness (QED) is 0.794. The van der Waals surface area contributed by atoms with Crippen molar-refractivity contribution in [2.24, 2.45) is 0 Å². The third-order valence-corrected chi connectivity index (χ3v) is 5.30. The van der Waals surface area contributed by atoms with Crippen LogP contribution in [0, 0.1) is 6.92 Å². The summed E-state index contributed by atoms with van der Waals surface area (Å²) >= 11 is 1.30. The fourth-order valence-corrected chi connectivity index (χ4v) is 3.76. The molecule has 0 bridgehead atoms. The van der Waals surface area contributed by atoms with Gasteiger partial charge in [0.25, 0.3) is 5.56 Å². The van der Waals surface area contributed by atoms with Crippen LogP contribution in [-0.4, -0.2) is 53.1 Å². The molecule has 1 aliphatic heterocycles. The molecule has 118 valence electrons. The maximum atomic E-state index is 12.6. The predicted octanol–water partition coefficient (Wildman–Crippen LogP) is 1.30. The summed E-state index contributed by atoms with van der Waals surface area (Å²) < 4.78 is 6.96. The van der Waals surface area contributed by atoms with Gasteiger partial charge in [-0.1, -0.05) is 0 Å². The summed E-state index contributed by atoms with van der Waals surface area (Å²) in [5.41, 5.74) is 0.699. The minimum absolute atomic E-state index is 0.0141. The van der Waals surface area contributed by atoms with Gasteiger partial charge in [-0.3, -0.25) is 19.1 Å². The second-order valence-corrected chi connectivity index (χ2v) is 6.49. The molecule has 0 saturated carbocycles. The summed E-state index contributed by atoms with van der Waals surface area (Å²) in [4.78, 5) is 32.2. The summed E-state index contributed by atoms with van der Waals surface area (Å²) in [5, 5.41) is 0.583. The molecule has 7 heteroatoms. The zero-order chi connectivity index (χ0) is 15.7. The fourth-order valence-electron chi connectivity index (χ4n) is 2.73. The number of carbonyl (C=O) groups excluding carboxylic acids is 1. The van der Waals surface area contributed by atoms with Crippen LogP contribution in [0.5, 0.6) is 0 Å². The van der Waals surface area contributed by atoms with Crippen molar-refractivity contribution in [3.8, 4) is 0 Å². The standard InChI is InChI=1S/C15H19N3O3S/c1-10-12-14(22-13(10)11(2)19)16-9-18(15(12)20)4-3-17-5-7-21-8-6-17/h9H,3-8H2,1-2H3. The molecule has 0 spiro atoms. The molecule has 0 N–H and O–H groups in total. The molecule has 22 heavy (non-hydrogen) atoms. The molecule has 0 unspecified atom stereocenters. The van der Waals surface area contributed by atoms with Crippen LogP contribution in [0.15, 0.2) is 11.1 Å². The molecule has 1 fully saturated rings. The van der Waals surface area contributed by atoms with Crippen molar-refractivity contribution in [2.45, 2.75) is 20.4 Å². The number of morpholine rings is 1. The first-order valence-electron chi connectivity index (χ1n) is 7.37. The van der Waals surface area contributed by atoms with Crippen molar-refractivity contribution in [3.63, 3.8) is 0 Å². The topological polar surface area (TPSA) is 64.4 Å². The first-order chi connectivity index (χ1) is 10.6. The maximum Gasteiger partial charge on any atom is 0.262 e. The molecule has 3 heterocycles. The Bertz CT molecular complexity index is 759. The number of hydrogen-bond donors (Lipinski definition) is 0. The summed E-state index contributed by atoms with van der Waals surface area (Å²) in [5.74, 6) is -0.0141. The lowest BCUT2D eigenvalue weighted by Crippen LogP contribution is -2.39. The number of carbonyl (C=O) groups is 1. The second kappa shape index (κ2) is 6.28. The lowest BCUT2D eigenvalue weighted by Gasteiger charge is -2.26. The van der Waals surface area contributed by atoms with Crippen molar-refractivity contribution >= 4 is 27.3 Å². The van der Waals surface area contributed by atoms with Crippen LogP contribution in [-0.2, 0) is 11.3 Å². The van der Waals surface area contributed by atoms with E-state index in [1.54, 1.807) is 10.9 Å². The van der Waals surface area contributed by atoms with E-state index < -0.39 is 0 Å². The smallest absolute Gasteiger partial charge is 0.262 e.